The topological polar surface area (TPSA) is 130 Å². The highest BCUT2D eigenvalue weighted by atomic mass is 35.5. The average Bonchev–Trinajstić information content (AvgIpc) is 2.86. The molecule has 1 N–H and O–H groups in total. The summed E-state index contributed by atoms with van der Waals surface area (Å²) in [5.41, 5.74) is 1.26. The number of nitrogens with one attached hydrogen (secondary N) is 1. The first-order valence-electron chi connectivity index (χ1n) is 11.3. The Bertz CT molecular complexity index is 1110. The molecule has 1 fully saturated rings. The Labute approximate surface area is 219 Å². The van der Waals surface area contributed by atoms with E-state index in [1.807, 2.05) is 0 Å². The van der Waals surface area contributed by atoms with Crippen LogP contribution < -0.4 is 20.4 Å². The van der Waals surface area contributed by atoms with Gasteiger partial charge in [0.1, 0.15) is 0 Å². The fourth-order valence-electron chi connectivity index (χ4n) is 3.70. The number of carbonyl (C=O) groups excluding carboxylic acids is 4. The third-order valence-corrected chi connectivity index (χ3v) is 6.12. The number of likely N-dealkylation sites (N-methyl/N-ethyl adjacent to an activating group) is 1. The summed E-state index contributed by atoms with van der Waals surface area (Å²) in [5, 5.41) is 23.0. The van der Waals surface area contributed by atoms with E-state index in [4.69, 9.17) is 23.2 Å². The Morgan fingerprint density at radius 3 is 2.14 bits per heavy atom. The molecule has 2 aromatic rings. The van der Waals surface area contributed by atoms with E-state index in [0.29, 0.717) is 45.1 Å². The monoisotopic (exact) mass is 532 g/mol. The fraction of sp³-hybridized carbons (Fsp3) is 0.308. The molecule has 192 valence electrons. The molecule has 0 bridgehead atoms. The number of hydrogen-bond acceptors (Lipinski definition) is 7. The predicted octanol–water partition coefficient (Wildman–Crippen LogP) is 2.15. The molecule has 0 heterocycles. The minimum Gasteiger partial charge on any atom is -0.545 e. The lowest BCUT2D eigenvalue weighted by Crippen LogP contribution is -2.41. The summed E-state index contributed by atoms with van der Waals surface area (Å²) in [6.07, 6.45) is 6.65. The summed E-state index contributed by atoms with van der Waals surface area (Å²) in [6.45, 7) is 0.240. The van der Waals surface area contributed by atoms with Crippen LogP contribution in [0.4, 0.5) is 5.69 Å². The molecular formula is C26H26Cl2N2O6-2. The Morgan fingerprint density at radius 1 is 0.944 bits per heavy atom. The van der Waals surface area contributed by atoms with E-state index in [1.54, 1.807) is 49.5 Å². The first-order chi connectivity index (χ1) is 17.1. The van der Waals surface area contributed by atoms with E-state index in [1.165, 1.54) is 24.2 Å². The molecule has 8 nitrogen and oxygen atoms in total. The molecule has 0 atom stereocenters. The van der Waals surface area contributed by atoms with Gasteiger partial charge in [0, 0.05) is 29.2 Å². The maximum Gasteiger partial charge on any atom is 0.240 e. The molecule has 2 aromatic carbocycles. The summed E-state index contributed by atoms with van der Waals surface area (Å²) in [5.74, 6) is -3.45. The lowest BCUT2D eigenvalue weighted by atomic mass is 9.95. The van der Waals surface area contributed by atoms with Gasteiger partial charge in [-0.05, 0) is 55.3 Å². The van der Waals surface area contributed by atoms with Crippen molar-refractivity contribution in [1.82, 2.24) is 5.32 Å². The van der Waals surface area contributed by atoms with Gasteiger partial charge >= 0.3 is 0 Å². The molecule has 0 radical (unpaired) electrons. The highest BCUT2D eigenvalue weighted by Gasteiger charge is 2.22. The zero-order chi connectivity index (χ0) is 26.7. The number of hydrogen-bond donors (Lipinski definition) is 1. The van der Waals surface area contributed by atoms with Crippen LogP contribution in [0.1, 0.15) is 48.0 Å². The second-order valence-corrected chi connectivity index (χ2v) is 8.95. The van der Waals surface area contributed by atoms with Crippen LogP contribution in [0.5, 0.6) is 0 Å². The zero-order valence-corrected chi connectivity index (χ0v) is 21.2. The SMILES string of the molecule is CN(C(=O)CNC1CCCCC1)c1ccc(Cl)cc1C(=O)c1ccccc1Cl.O=C([O-])C=CC(=O)[O-]. The second kappa shape index (κ2) is 14.4. The van der Waals surface area contributed by atoms with Crippen LogP contribution >= 0.6 is 23.2 Å². The van der Waals surface area contributed by atoms with Crippen LogP contribution in [-0.4, -0.2) is 43.3 Å². The average molecular weight is 533 g/mol. The van der Waals surface area contributed by atoms with Gasteiger partial charge in [0.05, 0.1) is 29.2 Å². The van der Waals surface area contributed by atoms with E-state index in [2.05, 4.69) is 5.32 Å². The number of carboxylic acids is 2. The van der Waals surface area contributed by atoms with Gasteiger partial charge in [0.15, 0.2) is 5.78 Å². The van der Waals surface area contributed by atoms with E-state index >= 15 is 0 Å². The van der Waals surface area contributed by atoms with Gasteiger partial charge in [-0.15, -0.1) is 0 Å². The number of benzene rings is 2. The summed E-state index contributed by atoms with van der Waals surface area (Å²) < 4.78 is 0. The van der Waals surface area contributed by atoms with Gasteiger partial charge < -0.3 is 30.0 Å². The quantitative estimate of drug-likeness (QED) is 0.407. The molecule has 1 aliphatic carbocycles. The smallest absolute Gasteiger partial charge is 0.240 e. The number of rotatable bonds is 8. The highest BCUT2D eigenvalue weighted by molar-refractivity contribution is 6.36. The largest absolute Gasteiger partial charge is 0.545 e. The van der Waals surface area contributed by atoms with Crippen molar-refractivity contribution in [3.05, 3.63) is 75.8 Å². The van der Waals surface area contributed by atoms with Gasteiger partial charge in [-0.3, -0.25) is 9.59 Å². The predicted molar refractivity (Wildman–Crippen MR) is 134 cm³/mol. The van der Waals surface area contributed by atoms with Crippen LogP contribution in [0.25, 0.3) is 0 Å². The first-order valence-corrected chi connectivity index (χ1v) is 12.0. The fourth-order valence-corrected chi connectivity index (χ4v) is 4.09. The summed E-state index contributed by atoms with van der Waals surface area (Å²) in [4.78, 5) is 46.2. The van der Waals surface area contributed by atoms with E-state index in [0.717, 1.165) is 12.8 Å². The lowest BCUT2D eigenvalue weighted by Gasteiger charge is -2.25. The third-order valence-electron chi connectivity index (χ3n) is 5.56. The minimum absolute atomic E-state index is 0.0962. The first kappa shape index (κ1) is 29.0. The van der Waals surface area contributed by atoms with Crippen LogP contribution in [-0.2, 0) is 14.4 Å². The molecule has 1 aliphatic rings. The van der Waals surface area contributed by atoms with E-state index in [9.17, 15) is 29.4 Å². The van der Waals surface area contributed by atoms with Crippen molar-refractivity contribution < 1.29 is 29.4 Å². The van der Waals surface area contributed by atoms with Crippen LogP contribution in [0.15, 0.2) is 54.6 Å². The summed E-state index contributed by atoms with van der Waals surface area (Å²) >= 11 is 12.3. The number of carboxylic acid groups (broad SMARTS) is 2. The normalized spacial score (nSPS) is 13.5. The van der Waals surface area contributed by atoms with Crippen molar-refractivity contribution >= 4 is 52.5 Å². The van der Waals surface area contributed by atoms with Crippen LogP contribution in [0.3, 0.4) is 0 Å². The minimum atomic E-state index is -1.55. The number of halogens is 2. The molecule has 36 heavy (non-hydrogen) atoms. The molecule has 0 spiro atoms. The number of carbonyl (C=O) groups is 4. The second-order valence-electron chi connectivity index (χ2n) is 8.11. The van der Waals surface area contributed by atoms with Crippen molar-refractivity contribution in [3.63, 3.8) is 0 Å². The molecule has 10 heteroatoms. The van der Waals surface area contributed by atoms with Crippen molar-refractivity contribution in [2.75, 3.05) is 18.5 Å². The van der Waals surface area contributed by atoms with Gasteiger partial charge in [0.25, 0.3) is 0 Å². The van der Waals surface area contributed by atoms with Crippen molar-refractivity contribution in [2.24, 2.45) is 0 Å². The van der Waals surface area contributed by atoms with Crippen LogP contribution in [0.2, 0.25) is 10.0 Å². The maximum atomic E-state index is 13.1. The molecule has 1 amide bonds. The Morgan fingerprint density at radius 2 is 1.56 bits per heavy atom. The van der Waals surface area contributed by atoms with Gasteiger partial charge in [0.2, 0.25) is 5.91 Å². The molecule has 0 saturated heterocycles. The Balaban J connectivity index is 0.000000493. The summed E-state index contributed by atoms with van der Waals surface area (Å²) in [7, 11) is 1.68. The molecule has 1 saturated carbocycles. The Hall–Kier alpha value is -3.20. The number of anilines is 1. The highest BCUT2D eigenvalue weighted by Crippen LogP contribution is 2.28. The number of amides is 1. The number of nitrogens with zero attached hydrogens (tertiary/aromatic N) is 1. The number of ketones is 1. The van der Waals surface area contributed by atoms with E-state index < -0.39 is 11.9 Å². The molecule has 0 aromatic heterocycles. The third kappa shape index (κ3) is 9.11. The van der Waals surface area contributed by atoms with Crippen molar-refractivity contribution in [3.8, 4) is 0 Å². The van der Waals surface area contributed by atoms with Crippen molar-refractivity contribution in [1.29, 1.82) is 0 Å². The number of aliphatic carboxylic acids is 2. The van der Waals surface area contributed by atoms with Crippen LogP contribution in [0, 0.1) is 0 Å². The zero-order valence-electron chi connectivity index (χ0n) is 19.7. The van der Waals surface area contributed by atoms with E-state index in [-0.39, 0.29) is 18.2 Å². The van der Waals surface area contributed by atoms with Gasteiger partial charge in [-0.25, -0.2) is 0 Å². The maximum absolute atomic E-state index is 13.1. The molecular weight excluding hydrogens is 507 g/mol. The lowest BCUT2D eigenvalue weighted by molar-refractivity contribution is -0.301. The Kier molecular flexibility index (Phi) is 11.6. The van der Waals surface area contributed by atoms with Gasteiger partial charge in [-0.1, -0.05) is 54.6 Å². The summed E-state index contributed by atoms with van der Waals surface area (Å²) in [6, 6.07) is 12.2. The van der Waals surface area contributed by atoms with Gasteiger partial charge in [-0.2, -0.15) is 0 Å². The molecule has 0 unspecified atom stereocenters. The van der Waals surface area contributed by atoms with Crippen molar-refractivity contribution in [2.45, 2.75) is 38.1 Å². The standard InChI is InChI=1S/C22H24Cl2N2O2.C4H4O4/c1-26(21(27)14-25-16-7-3-2-4-8-16)20-12-11-15(23)13-18(20)22(28)17-9-5-6-10-19(17)24;5-3(6)1-2-4(7)8/h5-6,9-13,16,25H,2-4,7-8,14H2,1H3;1-2H,(H,5,6)(H,7,8)/p-2. The molecule has 0 aliphatic heterocycles. The molecule has 3 rings (SSSR count).